The highest BCUT2D eigenvalue weighted by Gasteiger charge is 2.03. The largest absolute Gasteiger partial charge is 0.379 e. The Kier molecular flexibility index (Phi) is 17.6. The highest BCUT2D eigenvalue weighted by atomic mass is 16.5. The number of hydrogen-bond donors (Lipinski definition) is 2. The van der Waals surface area contributed by atoms with Crippen LogP contribution in [0.25, 0.3) is 0 Å². The fourth-order valence-electron chi connectivity index (χ4n) is 2.05. The number of carbonyl (C=O) groups is 1. The lowest BCUT2D eigenvalue weighted by atomic mass is 10.1. The number of hydrogen-bond acceptors (Lipinski definition) is 5. The van der Waals surface area contributed by atoms with E-state index in [1.54, 1.807) is 0 Å². The zero-order valence-electron chi connectivity index (χ0n) is 16.8. The second kappa shape index (κ2) is 18.1. The molecular weight excluding hydrogens is 320 g/mol. The minimum Gasteiger partial charge on any atom is -0.379 e. The van der Waals surface area contributed by atoms with Crippen LogP contribution in [0.4, 0.5) is 0 Å². The average Bonchev–Trinajstić information content (AvgIpc) is 2.57. The van der Waals surface area contributed by atoms with Crippen LogP contribution >= 0.6 is 0 Å². The molecule has 0 radical (unpaired) electrons. The van der Waals surface area contributed by atoms with Crippen LogP contribution in [0, 0.1) is 5.92 Å². The van der Waals surface area contributed by atoms with Crippen LogP contribution in [0.3, 0.4) is 0 Å². The van der Waals surface area contributed by atoms with E-state index in [1.165, 1.54) is 0 Å². The Balaban J connectivity index is 3.11. The second-order valence-electron chi connectivity index (χ2n) is 6.76. The molecule has 0 saturated carbocycles. The molecule has 0 aromatic rings. The third-order valence-electron chi connectivity index (χ3n) is 3.70. The first-order valence-electron chi connectivity index (χ1n) is 9.79. The van der Waals surface area contributed by atoms with E-state index in [2.05, 4.69) is 24.5 Å². The van der Waals surface area contributed by atoms with E-state index in [1.807, 2.05) is 13.8 Å². The molecule has 1 atom stereocenters. The van der Waals surface area contributed by atoms with Gasteiger partial charge in [0.2, 0.25) is 5.91 Å². The third kappa shape index (κ3) is 19.5. The van der Waals surface area contributed by atoms with Crippen LogP contribution in [-0.4, -0.2) is 64.7 Å². The fourth-order valence-corrected chi connectivity index (χ4v) is 2.05. The molecule has 0 bridgehead atoms. The standard InChI is InChI=1S/C19H40N2O4/c1-5-18(4)20-8-6-10-23-12-14-25-15-13-24-11-7-9-21-19(22)16-17(2)3/h17-18,20H,5-16H2,1-4H3,(H,21,22). The molecule has 0 saturated heterocycles. The van der Waals surface area contributed by atoms with E-state index in [9.17, 15) is 4.79 Å². The first-order valence-corrected chi connectivity index (χ1v) is 9.79. The molecule has 1 unspecified atom stereocenters. The lowest BCUT2D eigenvalue weighted by molar-refractivity contribution is -0.121. The van der Waals surface area contributed by atoms with Gasteiger partial charge in [-0.2, -0.15) is 0 Å². The van der Waals surface area contributed by atoms with Gasteiger partial charge in [-0.3, -0.25) is 4.79 Å². The summed E-state index contributed by atoms with van der Waals surface area (Å²) in [5.41, 5.74) is 0. The maximum Gasteiger partial charge on any atom is 0.220 e. The minimum atomic E-state index is 0.119. The summed E-state index contributed by atoms with van der Waals surface area (Å²) < 4.78 is 16.4. The van der Waals surface area contributed by atoms with Gasteiger partial charge >= 0.3 is 0 Å². The Morgan fingerprint density at radius 3 is 1.88 bits per heavy atom. The SMILES string of the molecule is CCC(C)NCCCOCCOCCOCCCNC(=O)CC(C)C. The van der Waals surface area contributed by atoms with E-state index in [0.29, 0.717) is 58.0 Å². The van der Waals surface area contributed by atoms with Gasteiger partial charge in [0, 0.05) is 32.2 Å². The number of rotatable bonds is 18. The highest BCUT2D eigenvalue weighted by Crippen LogP contribution is 1.97. The van der Waals surface area contributed by atoms with Crippen molar-refractivity contribution in [1.29, 1.82) is 0 Å². The monoisotopic (exact) mass is 360 g/mol. The van der Waals surface area contributed by atoms with Gasteiger partial charge in [-0.1, -0.05) is 20.8 Å². The van der Waals surface area contributed by atoms with Crippen LogP contribution in [0.2, 0.25) is 0 Å². The van der Waals surface area contributed by atoms with E-state index in [0.717, 1.165) is 32.4 Å². The Labute approximate surface area is 154 Å². The first-order chi connectivity index (χ1) is 12.1. The van der Waals surface area contributed by atoms with Crippen molar-refractivity contribution in [3.8, 4) is 0 Å². The predicted octanol–water partition coefficient (Wildman–Crippen LogP) is 2.37. The molecule has 6 nitrogen and oxygen atoms in total. The first kappa shape index (κ1) is 24.3. The van der Waals surface area contributed by atoms with Crippen LogP contribution in [-0.2, 0) is 19.0 Å². The van der Waals surface area contributed by atoms with Gasteiger partial charge in [-0.25, -0.2) is 0 Å². The lowest BCUT2D eigenvalue weighted by Crippen LogP contribution is -2.26. The Morgan fingerprint density at radius 2 is 1.36 bits per heavy atom. The third-order valence-corrected chi connectivity index (χ3v) is 3.70. The summed E-state index contributed by atoms with van der Waals surface area (Å²) in [7, 11) is 0. The Hall–Kier alpha value is -0.690. The minimum absolute atomic E-state index is 0.119. The molecule has 1 amide bonds. The molecule has 0 aliphatic carbocycles. The van der Waals surface area contributed by atoms with Gasteiger partial charge in [0.05, 0.1) is 26.4 Å². The molecule has 0 fully saturated rings. The molecule has 2 N–H and O–H groups in total. The highest BCUT2D eigenvalue weighted by molar-refractivity contribution is 5.75. The maximum atomic E-state index is 11.4. The molecule has 0 aliphatic heterocycles. The maximum absolute atomic E-state index is 11.4. The summed E-state index contributed by atoms with van der Waals surface area (Å²) in [4.78, 5) is 11.4. The van der Waals surface area contributed by atoms with Gasteiger partial charge in [0.25, 0.3) is 0 Å². The quantitative estimate of drug-likeness (QED) is 0.367. The van der Waals surface area contributed by atoms with Gasteiger partial charge in [0.15, 0.2) is 0 Å². The van der Waals surface area contributed by atoms with E-state index in [-0.39, 0.29) is 5.91 Å². The predicted molar refractivity (Wildman–Crippen MR) is 102 cm³/mol. The fraction of sp³-hybridized carbons (Fsp3) is 0.947. The molecule has 150 valence electrons. The molecular formula is C19H40N2O4. The van der Waals surface area contributed by atoms with E-state index in [4.69, 9.17) is 14.2 Å². The molecule has 0 heterocycles. The Morgan fingerprint density at radius 1 is 0.840 bits per heavy atom. The summed E-state index contributed by atoms with van der Waals surface area (Å²) in [5.74, 6) is 0.521. The van der Waals surface area contributed by atoms with Crippen molar-refractivity contribution in [3.05, 3.63) is 0 Å². The Bertz CT molecular complexity index is 301. The molecule has 0 rings (SSSR count). The summed E-state index contributed by atoms with van der Waals surface area (Å²) >= 11 is 0. The van der Waals surface area contributed by atoms with Crippen molar-refractivity contribution in [3.63, 3.8) is 0 Å². The second-order valence-corrected chi connectivity index (χ2v) is 6.76. The molecule has 0 aromatic heterocycles. The molecule has 0 spiro atoms. The smallest absolute Gasteiger partial charge is 0.220 e. The molecule has 6 heteroatoms. The van der Waals surface area contributed by atoms with Gasteiger partial charge in [0.1, 0.15) is 0 Å². The van der Waals surface area contributed by atoms with Crippen molar-refractivity contribution < 1.29 is 19.0 Å². The van der Waals surface area contributed by atoms with Crippen molar-refractivity contribution in [1.82, 2.24) is 10.6 Å². The van der Waals surface area contributed by atoms with Gasteiger partial charge in [-0.15, -0.1) is 0 Å². The normalized spacial score (nSPS) is 12.5. The zero-order valence-corrected chi connectivity index (χ0v) is 16.8. The van der Waals surface area contributed by atoms with Gasteiger partial charge in [-0.05, 0) is 38.6 Å². The summed E-state index contributed by atoms with van der Waals surface area (Å²) in [6, 6.07) is 0.583. The van der Waals surface area contributed by atoms with Crippen LogP contribution in [0.15, 0.2) is 0 Å². The van der Waals surface area contributed by atoms with Gasteiger partial charge < -0.3 is 24.8 Å². The van der Waals surface area contributed by atoms with Crippen LogP contribution in [0.1, 0.15) is 53.4 Å². The lowest BCUT2D eigenvalue weighted by Gasteiger charge is -2.11. The summed E-state index contributed by atoms with van der Waals surface area (Å²) in [5, 5.41) is 6.33. The van der Waals surface area contributed by atoms with Crippen LogP contribution in [0.5, 0.6) is 0 Å². The van der Waals surface area contributed by atoms with Crippen molar-refractivity contribution in [2.24, 2.45) is 5.92 Å². The van der Waals surface area contributed by atoms with Crippen LogP contribution < -0.4 is 10.6 Å². The average molecular weight is 361 g/mol. The number of nitrogens with one attached hydrogen (secondary N) is 2. The number of amides is 1. The van der Waals surface area contributed by atoms with Crippen molar-refractivity contribution in [2.45, 2.75) is 59.4 Å². The summed E-state index contributed by atoms with van der Waals surface area (Å²) in [6.45, 7) is 13.9. The molecule has 0 aliphatic rings. The number of ether oxygens (including phenoxy) is 3. The van der Waals surface area contributed by atoms with Crippen molar-refractivity contribution in [2.75, 3.05) is 52.7 Å². The zero-order chi connectivity index (χ0) is 18.8. The molecule has 0 aromatic carbocycles. The van der Waals surface area contributed by atoms with E-state index >= 15 is 0 Å². The molecule has 25 heavy (non-hydrogen) atoms. The topological polar surface area (TPSA) is 68.8 Å². The number of carbonyl (C=O) groups excluding carboxylic acids is 1. The van der Waals surface area contributed by atoms with E-state index < -0.39 is 0 Å². The van der Waals surface area contributed by atoms with Crippen molar-refractivity contribution >= 4 is 5.91 Å². The summed E-state index contributed by atoms with van der Waals surface area (Å²) in [6.07, 6.45) is 3.60.